The van der Waals surface area contributed by atoms with Gasteiger partial charge in [0.25, 0.3) is 5.91 Å². The number of hydrogen-bond acceptors (Lipinski definition) is 6. The smallest absolute Gasteiger partial charge is 0.276 e. The first-order valence-electron chi connectivity index (χ1n) is 6.72. The molecule has 1 atom stereocenters. The van der Waals surface area contributed by atoms with Crippen LogP contribution in [0.25, 0.3) is 0 Å². The minimum Gasteiger partial charge on any atom is -0.386 e. The van der Waals surface area contributed by atoms with E-state index < -0.39 is 6.10 Å². The first-order valence-corrected chi connectivity index (χ1v) is 8.76. The van der Waals surface area contributed by atoms with Crippen molar-refractivity contribution in [3.63, 3.8) is 0 Å². The normalized spacial score (nSPS) is 16.9. The van der Waals surface area contributed by atoms with Gasteiger partial charge in [0.05, 0.1) is 12.7 Å². The lowest BCUT2D eigenvalue weighted by atomic mass is 10.3. The van der Waals surface area contributed by atoms with Crippen LogP contribution in [0.1, 0.15) is 21.5 Å². The van der Waals surface area contributed by atoms with Crippen LogP contribution in [-0.2, 0) is 6.54 Å². The minimum atomic E-state index is -0.624. The van der Waals surface area contributed by atoms with Crippen molar-refractivity contribution in [1.29, 1.82) is 0 Å². The molecule has 0 spiro atoms. The van der Waals surface area contributed by atoms with Crippen LogP contribution in [0.4, 0.5) is 0 Å². The first-order chi connectivity index (χ1) is 10.2. The summed E-state index contributed by atoms with van der Waals surface area (Å²) in [6.07, 6.45) is 0.988. The molecule has 0 bridgehead atoms. The van der Waals surface area contributed by atoms with E-state index in [1.165, 1.54) is 16.0 Å². The molecule has 0 aliphatic carbocycles. The van der Waals surface area contributed by atoms with E-state index in [0.717, 1.165) is 29.5 Å². The molecule has 0 unspecified atom stereocenters. The number of nitrogens with zero attached hydrogens (tertiary/aromatic N) is 4. The average Bonchev–Trinajstić information content (AvgIpc) is 3.19. The number of carbonyl (C=O) groups is 1. The number of thiophene rings is 1. The maximum absolute atomic E-state index is 12.3. The summed E-state index contributed by atoms with van der Waals surface area (Å²) in [5.41, 5.74) is 0.347. The molecule has 0 aromatic carbocycles. The second-order valence-electron chi connectivity index (χ2n) is 4.76. The molecular weight excluding hydrogens is 308 g/mol. The summed E-state index contributed by atoms with van der Waals surface area (Å²) in [7, 11) is 0. The van der Waals surface area contributed by atoms with Crippen molar-refractivity contribution in [3.8, 4) is 0 Å². The lowest BCUT2D eigenvalue weighted by Crippen LogP contribution is -2.38. The molecular formula is C13H16N4O2S2. The summed E-state index contributed by atoms with van der Waals surface area (Å²) in [5, 5.41) is 19.9. The van der Waals surface area contributed by atoms with Crippen LogP contribution in [0.2, 0.25) is 0 Å². The Hall–Kier alpha value is -1.38. The molecule has 0 saturated carbocycles. The van der Waals surface area contributed by atoms with Crippen molar-refractivity contribution in [2.24, 2.45) is 0 Å². The van der Waals surface area contributed by atoms with E-state index in [9.17, 15) is 9.90 Å². The topological polar surface area (TPSA) is 71.2 Å². The zero-order valence-corrected chi connectivity index (χ0v) is 13.0. The van der Waals surface area contributed by atoms with Crippen LogP contribution in [-0.4, -0.2) is 55.5 Å². The number of rotatable bonds is 4. The van der Waals surface area contributed by atoms with Crippen LogP contribution in [0, 0.1) is 0 Å². The van der Waals surface area contributed by atoms with Gasteiger partial charge in [0, 0.05) is 29.5 Å². The summed E-state index contributed by atoms with van der Waals surface area (Å²) in [6, 6.07) is 3.78. The van der Waals surface area contributed by atoms with Crippen molar-refractivity contribution in [3.05, 3.63) is 34.3 Å². The van der Waals surface area contributed by atoms with Crippen LogP contribution in [0.3, 0.4) is 0 Å². The van der Waals surface area contributed by atoms with Crippen molar-refractivity contribution in [1.82, 2.24) is 19.9 Å². The Morgan fingerprint density at radius 3 is 2.95 bits per heavy atom. The van der Waals surface area contributed by atoms with Gasteiger partial charge in [-0.2, -0.15) is 11.8 Å². The van der Waals surface area contributed by atoms with E-state index in [0.29, 0.717) is 12.2 Å². The number of hydrogen-bond donors (Lipinski definition) is 1. The Morgan fingerprint density at radius 2 is 2.24 bits per heavy atom. The highest BCUT2D eigenvalue weighted by molar-refractivity contribution is 7.99. The van der Waals surface area contributed by atoms with E-state index in [1.54, 1.807) is 11.1 Å². The van der Waals surface area contributed by atoms with Gasteiger partial charge in [0.15, 0.2) is 5.69 Å². The Labute approximate surface area is 130 Å². The van der Waals surface area contributed by atoms with Crippen molar-refractivity contribution >= 4 is 29.0 Å². The fourth-order valence-electron chi connectivity index (χ4n) is 2.16. The summed E-state index contributed by atoms with van der Waals surface area (Å²) in [5.74, 6) is 1.86. The van der Waals surface area contributed by atoms with Gasteiger partial charge in [-0.15, -0.1) is 16.4 Å². The van der Waals surface area contributed by atoms with Gasteiger partial charge < -0.3 is 10.0 Å². The van der Waals surface area contributed by atoms with E-state index >= 15 is 0 Å². The maximum atomic E-state index is 12.3. The van der Waals surface area contributed by atoms with Gasteiger partial charge in [-0.25, -0.2) is 4.68 Å². The second-order valence-corrected chi connectivity index (χ2v) is 6.97. The Bertz CT molecular complexity index is 593. The molecule has 1 aliphatic heterocycles. The molecule has 1 aliphatic rings. The van der Waals surface area contributed by atoms with Gasteiger partial charge in [-0.1, -0.05) is 11.3 Å². The fourth-order valence-corrected chi connectivity index (χ4v) is 3.77. The third-order valence-electron chi connectivity index (χ3n) is 3.29. The highest BCUT2D eigenvalue weighted by Crippen LogP contribution is 2.20. The fraction of sp³-hybridized carbons (Fsp3) is 0.462. The van der Waals surface area contributed by atoms with E-state index in [4.69, 9.17) is 0 Å². The predicted octanol–water partition coefficient (Wildman–Crippen LogP) is 1.26. The third kappa shape index (κ3) is 3.45. The molecule has 8 heteroatoms. The standard InChI is InChI=1S/C13H16N4O2S2/c18-11(12-2-1-5-21-12)9-17-8-10(14-15-17)13(19)16-3-6-20-7-4-16/h1-2,5,8,11,18H,3-4,6-7,9H2/t11-/m0/s1. The van der Waals surface area contributed by atoms with Gasteiger partial charge >= 0.3 is 0 Å². The molecule has 2 aromatic rings. The van der Waals surface area contributed by atoms with Gasteiger partial charge in [0.1, 0.15) is 6.10 Å². The van der Waals surface area contributed by atoms with Crippen molar-refractivity contribution in [2.45, 2.75) is 12.6 Å². The molecule has 1 N–H and O–H groups in total. The number of thioether (sulfide) groups is 1. The van der Waals surface area contributed by atoms with Crippen molar-refractivity contribution < 1.29 is 9.90 Å². The van der Waals surface area contributed by atoms with E-state index in [1.807, 2.05) is 29.3 Å². The lowest BCUT2D eigenvalue weighted by Gasteiger charge is -2.25. The minimum absolute atomic E-state index is 0.0767. The summed E-state index contributed by atoms with van der Waals surface area (Å²) in [4.78, 5) is 15.0. The largest absolute Gasteiger partial charge is 0.386 e. The molecule has 21 heavy (non-hydrogen) atoms. The molecule has 1 fully saturated rings. The Kier molecular flexibility index (Phi) is 4.57. The molecule has 3 rings (SSSR count). The number of amides is 1. The van der Waals surface area contributed by atoms with Gasteiger partial charge in [0.2, 0.25) is 0 Å². The van der Waals surface area contributed by atoms with Gasteiger partial charge in [-0.05, 0) is 11.4 Å². The Balaban J connectivity index is 1.64. The van der Waals surface area contributed by atoms with Crippen LogP contribution in [0.15, 0.2) is 23.7 Å². The molecule has 2 aromatic heterocycles. The molecule has 3 heterocycles. The second kappa shape index (κ2) is 6.59. The third-order valence-corrected chi connectivity index (χ3v) is 5.20. The molecule has 112 valence electrons. The van der Waals surface area contributed by atoms with Crippen LogP contribution >= 0.6 is 23.1 Å². The molecule has 1 saturated heterocycles. The molecule has 1 amide bonds. The summed E-state index contributed by atoms with van der Waals surface area (Å²) < 4.78 is 1.52. The zero-order valence-electron chi connectivity index (χ0n) is 11.4. The van der Waals surface area contributed by atoms with E-state index in [-0.39, 0.29) is 5.91 Å². The number of aromatic nitrogens is 3. The van der Waals surface area contributed by atoms with Gasteiger partial charge in [-0.3, -0.25) is 4.79 Å². The number of aliphatic hydroxyl groups is 1. The molecule has 0 radical (unpaired) electrons. The highest BCUT2D eigenvalue weighted by Gasteiger charge is 2.21. The lowest BCUT2D eigenvalue weighted by molar-refractivity contribution is 0.0766. The Morgan fingerprint density at radius 1 is 1.43 bits per heavy atom. The molecule has 6 nitrogen and oxygen atoms in total. The summed E-state index contributed by atoms with van der Waals surface area (Å²) in [6.45, 7) is 1.82. The SMILES string of the molecule is O=C(c1cn(C[C@H](O)c2cccs2)nn1)N1CCSCC1. The summed E-state index contributed by atoms with van der Waals surface area (Å²) >= 11 is 3.35. The highest BCUT2D eigenvalue weighted by atomic mass is 32.2. The van der Waals surface area contributed by atoms with Crippen LogP contribution in [0.5, 0.6) is 0 Å². The average molecular weight is 324 g/mol. The number of carbonyl (C=O) groups excluding carboxylic acids is 1. The quantitative estimate of drug-likeness (QED) is 0.917. The monoisotopic (exact) mass is 324 g/mol. The maximum Gasteiger partial charge on any atom is 0.276 e. The first kappa shape index (κ1) is 14.6. The number of aliphatic hydroxyl groups excluding tert-OH is 1. The van der Waals surface area contributed by atoms with E-state index in [2.05, 4.69) is 10.3 Å². The van der Waals surface area contributed by atoms with Crippen molar-refractivity contribution in [2.75, 3.05) is 24.6 Å². The zero-order chi connectivity index (χ0) is 14.7. The predicted molar refractivity (Wildman–Crippen MR) is 82.5 cm³/mol. The van der Waals surface area contributed by atoms with Crippen LogP contribution < -0.4 is 0 Å².